The first-order chi connectivity index (χ1) is 9.04. The maximum atomic E-state index is 10.8. The van der Waals surface area contributed by atoms with Crippen LogP contribution in [0.3, 0.4) is 0 Å². The molecule has 0 saturated carbocycles. The summed E-state index contributed by atoms with van der Waals surface area (Å²) in [4.78, 5) is 10.8. The third kappa shape index (κ3) is 2.07. The molecule has 0 spiro atoms. The van der Waals surface area contributed by atoms with E-state index in [9.17, 15) is 4.79 Å². The number of nitrogens with zero attached hydrogens (tertiary/aromatic N) is 1. The second kappa shape index (κ2) is 4.29. The Balaban J connectivity index is 2.14. The molecule has 0 atom stereocenters. The molecule has 0 saturated heterocycles. The van der Waals surface area contributed by atoms with Crippen LogP contribution in [-0.4, -0.2) is 21.3 Å². The van der Waals surface area contributed by atoms with Crippen molar-refractivity contribution >= 4 is 40.1 Å². The molecule has 7 heteroatoms. The van der Waals surface area contributed by atoms with Gasteiger partial charge in [-0.15, -0.1) is 0 Å². The van der Waals surface area contributed by atoms with Crippen molar-refractivity contribution in [1.29, 1.82) is 0 Å². The Labute approximate surface area is 116 Å². The number of furan rings is 1. The van der Waals surface area contributed by atoms with Crippen LogP contribution in [0.4, 0.5) is 0 Å². The quantitative estimate of drug-likeness (QED) is 0.753. The molecule has 0 unspecified atom stereocenters. The predicted octanol–water partition coefficient (Wildman–Crippen LogP) is 3.83. The Morgan fingerprint density at radius 3 is 2.74 bits per heavy atom. The number of rotatable bonds is 2. The van der Waals surface area contributed by atoms with E-state index in [2.05, 4.69) is 10.2 Å². The number of benzene rings is 1. The van der Waals surface area contributed by atoms with E-state index in [4.69, 9.17) is 32.7 Å². The monoisotopic (exact) mass is 296 g/mol. The van der Waals surface area contributed by atoms with E-state index in [0.717, 1.165) is 5.39 Å². The number of aromatic amines is 1. The standard InChI is InChI=1S/C12H6Cl2N2O3/c13-6-1-5-2-10(19-11(5)7(14)3-6)8-4-9(12(17)18)16-15-8/h1-4H,(H,15,16)(H,17,18). The molecule has 3 rings (SSSR count). The molecule has 0 aliphatic heterocycles. The first kappa shape index (κ1) is 12.1. The lowest BCUT2D eigenvalue weighted by molar-refractivity contribution is 0.0690. The molecule has 0 fully saturated rings. The Kier molecular flexibility index (Phi) is 2.73. The number of carboxylic acids is 1. The summed E-state index contributed by atoms with van der Waals surface area (Å²) in [5, 5.41) is 16.7. The molecule has 2 aromatic heterocycles. The Morgan fingerprint density at radius 2 is 2.05 bits per heavy atom. The predicted molar refractivity (Wildman–Crippen MR) is 70.8 cm³/mol. The lowest BCUT2D eigenvalue weighted by Gasteiger charge is -1.93. The highest BCUT2D eigenvalue weighted by atomic mass is 35.5. The van der Waals surface area contributed by atoms with Crippen molar-refractivity contribution in [2.75, 3.05) is 0 Å². The minimum absolute atomic E-state index is 0.0837. The number of carboxylic acid groups (broad SMARTS) is 1. The number of H-pyrrole nitrogens is 1. The summed E-state index contributed by atoms with van der Waals surface area (Å²) in [6, 6.07) is 6.39. The molecule has 0 radical (unpaired) electrons. The average Bonchev–Trinajstić information content (AvgIpc) is 2.92. The van der Waals surface area contributed by atoms with E-state index in [-0.39, 0.29) is 5.69 Å². The van der Waals surface area contributed by atoms with Crippen molar-refractivity contribution in [1.82, 2.24) is 10.2 Å². The summed E-state index contributed by atoms with van der Waals surface area (Å²) in [5.74, 6) is -0.668. The molecule has 5 nitrogen and oxygen atoms in total. The number of aromatic nitrogens is 2. The van der Waals surface area contributed by atoms with Gasteiger partial charge in [-0.05, 0) is 18.2 Å². The summed E-state index contributed by atoms with van der Waals surface area (Å²) < 4.78 is 5.58. The van der Waals surface area contributed by atoms with Crippen molar-refractivity contribution in [3.63, 3.8) is 0 Å². The van der Waals surface area contributed by atoms with Crippen LogP contribution in [0.5, 0.6) is 0 Å². The molecule has 96 valence electrons. The van der Waals surface area contributed by atoms with Crippen molar-refractivity contribution in [2.24, 2.45) is 0 Å². The normalized spacial score (nSPS) is 11.1. The van der Waals surface area contributed by atoms with E-state index < -0.39 is 5.97 Å². The zero-order valence-electron chi connectivity index (χ0n) is 9.28. The summed E-state index contributed by atoms with van der Waals surface area (Å²) in [6.07, 6.45) is 0. The summed E-state index contributed by atoms with van der Waals surface area (Å²) in [7, 11) is 0. The van der Waals surface area contributed by atoms with Crippen LogP contribution in [0.2, 0.25) is 10.0 Å². The Morgan fingerprint density at radius 1 is 1.26 bits per heavy atom. The first-order valence-electron chi connectivity index (χ1n) is 5.22. The van der Waals surface area contributed by atoms with Gasteiger partial charge in [0.15, 0.2) is 17.0 Å². The number of hydrogen-bond acceptors (Lipinski definition) is 3. The van der Waals surface area contributed by atoms with Crippen LogP contribution in [0.15, 0.2) is 28.7 Å². The summed E-state index contributed by atoms with van der Waals surface area (Å²) in [5.41, 5.74) is 0.868. The third-order valence-corrected chi connectivity index (χ3v) is 3.10. The van der Waals surface area contributed by atoms with Crippen molar-refractivity contribution in [3.8, 4) is 11.5 Å². The van der Waals surface area contributed by atoms with E-state index >= 15 is 0 Å². The smallest absolute Gasteiger partial charge is 0.356 e. The van der Waals surface area contributed by atoms with E-state index in [0.29, 0.717) is 27.1 Å². The van der Waals surface area contributed by atoms with Crippen LogP contribution in [-0.2, 0) is 0 Å². The second-order valence-corrected chi connectivity index (χ2v) is 4.73. The molecule has 19 heavy (non-hydrogen) atoms. The maximum absolute atomic E-state index is 10.8. The van der Waals surface area contributed by atoms with Crippen LogP contribution < -0.4 is 0 Å². The van der Waals surface area contributed by atoms with Gasteiger partial charge in [-0.3, -0.25) is 5.10 Å². The van der Waals surface area contributed by atoms with Crippen LogP contribution >= 0.6 is 23.2 Å². The van der Waals surface area contributed by atoms with Crippen LogP contribution in [0.1, 0.15) is 10.5 Å². The molecule has 0 amide bonds. The van der Waals surface area contributed by atoms with E-state index in [1.165, 1.54) is 6.07 Å². The van der Waals surface area contributed by atoms with Crippen LogP contribution in [0.25, 0.3) is 22.4 Å². The largest absolute Gasteiger partial charge is 0.476 e. The zero-order chi connectivity index (χ0) is 13.6. The number of nitrogens with one attached hydrogen (secondary N) is 1. The fourth-order valence-electron chi connectivity index (χ4n) is 1.77. The molecule has 2 heterocycles. The summed E-state index contributed by atoms with van der Waals surface area (Å²) >= 11 is 11.9. The van der Waals surface area contributed by atoms with Gasteiger partial charge in [-0.1, -0.05) is 23.2 Å². The van der Waals surface area contributed by atoms with Gasteiger partial charge in [-0.2, -0.15) is 5.10 Å². The lowest BCUT2D eigenvalue weighted by Crippen LogP contribution is -1.95. The zero-order valence-corrected chi connectivity index (χ0v) is 10.8. The summed E-state index contributed by atoms with van der Waals surface area (Å²) in [6.45, 7) is 0. The van der Waals surface area contributed by atoms with Gasteiger partial charge in [0.05, 0.1) is 5.02 Å². The molecule has 3 aromatic rings. The molecule has 0 aliphatic rings. The molecule has 2 N–H and O–H groups in total. The second-order valence-electron chi connectivity index (χ2n) is 3.89. The topological polar surface area (TPSA) is 79.1 Å². The lowest BCUT2D eigenvalue weighted by atomic mass is 10.2. The number of hydrogen-bond donors (Lipinski definition) is 2. The Hall–Kier alpha value is -1.98. The number of fused-ring (bicyclic) bond motifs is 1. The minimum atomic E-state index is -1.11. The van der Waals surface area contributed by atoms with Crippen molar-refractivity contribution in [3.05, 3.63) is 40.0 Å². The molecular weight excluding hydrogens is 291 g/mol. The van der Waals surface area contributed by atoms with Gasteiger partial charge in [0.2, 0.25) is 0 Å². The fourth-order valence-corrected chi connectivity index (χ4v) is 2.31. The van der Waals surface area contributed by atoms with Gasteiger partial charge in [0.25, 0.3) is 0 Å². The number of aromatic carboxylic acids is 1. The first-order valence-corrected chi connectivity index (χ1v) is 5.98. The van der Waals surface area contributed by atoms with Gasteiger partial charge >= 0.3 is 5.97 Å². The number of carbonyl (C=O) groups is 1. The molecular formula is C12H6Cl2N2O3. The fraction of sp³-hybridized carbons (Fsp3) is 0. The van der Waals surface area contributed by atoms with E-state index in [1.54, 1.807) is 18.2 Å². The number of halogens is 2. The van der Waals surface area contributed by atoms with Gasteiger partial charge in [-0.25, -0.2) is 4.79 Å². The van der Waals surface area contributed by atoms with Gasteiger partial charge < -0.3 is 9.52 Å². The maximum Gasteiger partial charge on any atom is 0.356 e. The van der Waals surface area contributed by atoms with Crippen molar-refractivity contribution in [2.45, 2.75) is 0 Å². The highest BCUT2D eigenvalue weighted by Crippen LogP contribution is 2.33. The molecule has 1 aromatic carbocycles. The molecule has 0 aliphatic carbocycles. The highest BCUT2D eigenvalue weighted by molar-refractivity contribution is 6.38. The highest BCUT2D eigenvalue weighted by Gasteiger charge is 2.14. The van der Waals surface area contributed by atoms with Gasteiger partial charge in [0.1, 0.15) is 5.69 Å². The van der Waals surface area contributed by atoms with Gasteiger partial charge in [0, 0.05) is 16.5 Å². The Bertz CT molecular complexity index is 791. The molecule has 0 bridgehead atoms. The van der Waals surface area contributed by atoms with E-state index in [1.807, 2.05) is 0 Å². The van der Waals surface area contributed by atoms with Crippen molar-refractivity contribution < 1.29 is 14.3 Å². The van der Waals surface area contributed by atoms with Crippen LogP contribution in [0, 0.1) is 0 Å². The SMILES string of the molecule is O=C(O)c1cc(-c2cc3cc(Cl)cc(Cl)c3o2)[nH]n1. The average molecular weight is 297 g/mol. The minimum Gasteiger partial charge on any atom is -0.476 e. The third-order valence-electron chi connectivity index (χ3n) is 2.60.